The number of fused-ring (bicyclic) bond motifs is 1. The minimum atomic E-state index is -0.459. The van der Waals surface area contributed by atoms with Crippen LogP contribution in [0.4, 0.5) is 0 Å². The molecule has 4 rings (SSSR count). The molecule has 1 aromatic heterocycles. The summed E-state index contributed by atoms with van der Waals surface area (Å²) >= 11 is 7.56. The monoisotopic (exact) mass is 443 g/mol. The van der Waals surface area contributed by atoms with E-state index in [-0.39, 0.29) is 11.4 Å². The fourth-order valence-electron chi connectivity index (χ4n) is 3.42. The van der Waals surface area contributed by atoms with Gasteiger partial charge in [0.1, 0.15) is 11.5 Å². The normalized spacial score (nSPS) is 16.9. The lowest BCUT2D eigenvalue weighted by atomic mass is 10.1. The van der Waals surface area contributed by atoms with Crippen molar-refractivity contribution < 1.29 is 14.3 Å². The number of nitrogens with one attached hydrogen (secondary N) is 1. The Labute approximate surface area is 182 Å². The Bertz CT molecular complexity index is 1180. The second-order valence-electron chi connectivity index (χ2n) is 6.58. The highest BCUT2D eigenvalue weighted by atomic mass is 35.5. The third kappa shape index (κ3) is 3.20. The van der Waals surface area contributed by atoms with E-state index in [1.807, 2.05) is 24.5 Å². The molecule has 1 N–H and O–H groups in total. The zero-order chi connectivity index (χ0) is 21.6. The Morgan fingerprint density at radius 3 is 2.60 bits per heavy atom. The molecule has 8 nitrogen and oxygen atoms in total. The lowest BCUT2D eigenvalue weighted by Crippen LogP contribution is -2.35. The number of aliphatic imine (C=N–C) groups is 1. The van der Waals surface area contributed by atoms with Gasteiger partial charge in [0, 0.05) is 17.5 Å². The van der Waals surface area contributed by atoms with Crippen LogP contribution in [0.5, 0.6) is 11.5 Å². The zero-order valence-electron chi connectivity index (χ0n) is 16.7. The maximum Gasteiger partial charge on any atom is 0.283 e. The summed E-state index contributed by atoms with van der Waals surface area (Å²) in [5, 5.41) is 14.6. The van der Waals surface area contributed by atoms with Crippen molar-refractivity contribution in [2.24, 2.45) is 10.1 Å². The van der Waals surface area contributed by atoms with Crippen LogP contribution in [0, 0.1) is 19.3 Å². The van der Waals surface area contributed by atoms with Crippen molar-refractivity contribution in [3.05, 3.63) is 45.7 Å². The smallest absolute Gasteiger partial charge is 0.283 e. The Morgan fingerprint density at radius 1 is 1.17 bits per heavy atom. The van der Waals surface area contributed by atoms with Crippen LogP contribution in [-0.2, 0) is 4.79 Å². The van der Waals surface area contributed by atoms with Crippen LogP contribution >= 0.6 is 23.4 Å². The van der Waals surface area contributed by atoms with Crippen molar-refractivity contribution in [2.75, 3.05) is 14.2 Å². The molecule has 0 spiro atoms. The molecule has 2 aliphatic rings. The van der Waals surface area contributed by atoms with Gasteiger partial charge >= 0.3 is 0 Å². The average Bonchev–Trinajstić information content (AvgIpc) is 3.29. The van der Waals surface area contributed by atoms with Gasteiger partial charge in [0.15, 0.2) is 11.0 Å². The van der Waals surface area contributed by atoms with Crippen LogP contribution in [-0.4, -0.2) is 46.3 Å². The number of amidine groups is 2. The molecule has 154 valence electrons. The van der Waals surface area contributed by atoms with Gasteiger partial charge < -0.3 is 14.0 Å². The zero-order valence-corrected chi connectivity index (χ0v) is 18.3. The summed E-state index contributed by atoms with van der Waals surface area (Å²) in [6, 6.07) is 5.44. The number of amides is 1. The first kappa shape index (κ1) is 20.2. The molecule has 3 heterocycles. The number of thioether (sulfide) groups is 1. The Hall–Kier alpha value is -3.04. The lowest BCUT2D eigenvalue weighted by molar-refractivity contribution is -0.114. The van der Waals surface area contributed by atoms with Gasteiger partial charge in [-0.2, -0.15) is 15.1 Å². The number of halogens is 1. The largest absolute Gasteiger partial charge is 0.495 e. The highest BCUT2D eigenvalue weighted by Gasteiger charge is 2.32. The van der Waals surface area contributed by atoms with E-state index in [1.54, 1.807) is 38.0 Å². The summed E-state index contributed by atoms with van der Waals surface area (Å²) in [4.78, 5) is 16.5. The number of carbonyl (C=O) groups excluding carboxylic acids is 1. The summed E-state index contributed by atoms with van der Waals surface area (Å²) in [6.07, 6.45) is 1.67. The Balaban J connectivity index is 1.82. The topological polar surface area (TPSA) is 92.3 Å². The molecule has 30 heavy (non-hydrogen) atoms. The fourth-order valence-corrected chi connectivity index (χ4v) is 4.26. The van der Waals surface area contributed by atoms with E-state index in [1.165, 1.54) is 16.8 Å². The number of hydrogen-bond acceptors (Lipinski definition) is 6. The van der Waals surface area contributed by atoms with Crippen molar-refractivity contribution in [3.8, 4) is 17.2 Å². The van der Waals surface area contributed by atoms with Gasteiger partial charge in [-0.15, -0.1) is 0 Å². The molecule has 0 saturated carbocycles. The van der Waals surface area contributed by atoms with Gasteiger partial charge in [-0.3, -0.25) is 10.2 Å². The first-order valence-corrected chi connectivity index (χ1v) is 10.1. The fraction of sp³-hybridized carbons (Fsp3) is 0.200. The number of aryl methyl sites for hydroxylation is 1. The van der Waals surface area contributed by atoms with E-state index < -0.39 is 5.91 Å². The van der Waals surface area contributed by atoms with E-state index >= 15 is 0 Å². The molecule has 10 heteroatoms. The number of aromatic nitrogens is 1. The quantitative estimate of drug-likeness (QED) is 0.720. The van der Waals surface area contributed by atoms with Crippen molar-refractivity contribution in [2.45, 2.75) is 13.8 Å². The predicted molar refractivity (Wildman–Crippen MR) is 119 cm³/mol. The van der Waals surface area contributed by atoms with Gasteiger partial charge in [-0.05, 0) is 49.4 Å². The van der Waals surface area contributed by atoms with Crippen molar-refractivity contribution in [1.29, 1.82) is 5.41 Å². The molecule has 0 atom stereocenters. The third-order valence-corrected chi connectivity index (χ3v) is 5.83. The van der Waals surface area contributed by atoms with Crippen LogP contribution in [0.1, 0.15) is 17.0 Å². The molecular formula is C20H18ClN5O3S. The second-order valence-corrected chi connectivity index (χ2v) is 7.80. The van der Waals surface area contributed by atoms with Crippen LogP contribution in [0.25, 0.3) is 11.8 Å². The van der Waals surface area contributed by atoms with Crippen molar-refractivity contribution in [1.82, 2.24) is 9.58 Å². The van der Waals surface area contributed by atoms with Crippen molar-refractivity contribution >= 4 is 51.9 Å². The number of ether oxygens (including phenoxy) is 2. The minimum Gasteiger partial charge on any atom is -0.495 e. The number of carbonyl (C=O) groups is 1. The summed E-state index contributed by atoms with van der Waals surface area (Å²) in [6.45, 7) is 3.87. The maximum absolute atomic E-state index is 12.5. The Morgan fingerprint density at radius 2 is 1.90 bits per heavy atom. The molecule has 1 amide bonds. The SMILES string of the molecule is COc1cc(OC)c(-n2c(C)cc(C=C3C(=N)N4N=CSC4=NC3=O)c2C)cc1Cl. The number of methoxy groups -OCH3 is 2. The Kier molecular flexibility index (Phi) is 5.17. The van der Waals surface area contributed by atoms with Gasteiger partial charge in [0.05, 0.1) is 36.0 Å². The highest BCUT2D eigenvalue weighted by molar-refractivity contribution is 8.25. The predicted octanol–water partition coefficient (Wildman–Crippen LogP) is 4.01. The molecule has 0 unspecified atom stereocenters. The maximum atomic E-state index is 12.5. The van der Waals surface area contributed by atoms with E-state index in [0.29, 0.717) is 21.7 Å². The molecular weight excluding hydrogens is 426 g/mol. The number of hydrogen-bond donors (Lipinski definition) is 1. The van der Waals surface area contributed by atoms with Crippen LogP contribution in [0.15, 0.2) is 33.9 Å². The van der Waals surface area contributed by atoms with E-state index in [0.717, 1.165) is 22.6 Å². The van der Waals surface area contributed by atoms with E-state index in [4.69, 9.17) is 26.5 Å². The molecule has 0 bridgehead atoms. The molecule has 0 saturated heterocycles. The number of benzene rings is 1. The molecule has 2 aromatic rings. The number of nitrogens with zero attached hydrogens (tertiary/aromatic N) is 4. The van der Waals surface area contributed by atoms with Gasteiger partial charge in [0.25, 0.3) is 5.91 Å². The van der Waals surface area contributed by atoms with Gasteiger partial charge in [-0.1, -0.05) is 11.6 Å². The summed E-state index contributed by atoms with van der Waals surface area (Å²) in [5.74, 6) is 0.651. The summed E-state index contributed by atoms with van der Waals surface area (Å²) < 4.78 is 12.8. The van der Waals surface area contributed by atoms with Crippen LogP contribution < -0.4 is 9.47 Å². The first-order valence-electron chi connectivity index (χ1n) is 8.89. The molecule has 1 aromatic carbocycles. The van der Waals surface area contributed by atoms with Crippen LogP contribution in [0.2, 0.25) is 5.02 Å². The molecule has 0 fully saturated rings. The average molecular weight is 444 g/mol. The second kappa shape index (κ2) is 7.66. The van der Waals surface area contributed by atoms with Gasteiger partial charge in [0.2, 0.25) is 0 Å². The third-order valence-electron chi connectivity index (χ3n) is 4.86. The molecule has 0 radical (unpaired) electrons. The minimum absolute atomic E-state index is 0.00104. The molecule has 2 aliphatic heterocycles. The standard InChI is InChI=1S/C20H18ClN5O3S/c1-10-5-12(6-13-18(22)26-20(24-19(13)27)30-9-23-26)11(2)25(10)15-7-14(21)16(28-3)8-17(15)29-4/h5-9,22H,1-4H3. The van der Waals surface area contributed by atoms with E-state index in [2.05, 4.69) is 10.1 Å². The lowest BCUT2D eigenvalue weighted by Gasteiger charge is -2.20. The van der Waals surface area contributed by atoms with Gasteiger partial charge in [-0.25, -0.2) is 0 Å². The first-order chi connectivity index (χ1) is 14.3. The highest BCUT2D eigenvalue weighted by Crippen LogP contribution is 2.37. The summed E-state index contributed by atoms with van der Waals surface area (Å²) in [5.41, 5.74) is 5.02. The number of rotatable bonds is 4. The van der Waals surface area contributed by atoms with E-state index in [9.17, 15) is 4.79 Å². The summed E-state index contributed by atoms with van der Waals surface area (Å²) in [7, 11) is 3.12. The van der Waals surface area contributed by atoms with Crippen molar-refractivity contribution in [3.63, 3.8) is 0 Å². The van der Waals surface area contributed by atoms with Crippen LogP contribution in [0.3, 0.4) is 0 Å². The number of hydrazone groups is 1. The molecule has 0 aliphatic carbocycles.